The molecule has 4 heteroatoms. The maximum absolute atomic E-state index is 5.82. The quantitative estimate of drug-likeness (QED) is 0.843. The van der Waals surface area contributed by atoms with Crippen molar-refractivity contribution >= 4 is 15.9 Å². The lowest BCUT2D eigenvalue weighted by Crippen LogP contribution is -2.33. The Morgan fingerprint density at radius 2 is 2.12 bits per heavy atom. The third-order valence-corrected chi connectivity index (χ3v) is 3.66. The molecule has 0 radical (unpaired) electrons. The summed E-state index contributed by atoms with van der Waals surface area (Å²) in [6.07, 6.45) is 0. The van der Waals surface area contributed by atoms with E-state index in [4.69, 9.17) is 5.73 Å². The van der Waals surface area contributed by atoms with Gasteiger partial charge < -0.3 is 16.0 Å². The molecule has 1 aromatic carbocycles. The first-order valence-corrected chi connectivity index (χ1v) is 6.68. The maximum atomic E-state index is 5.82. The van der Waals surface area contributed by atoms with E-state index in [1.165, 1.54) is 11.1 Å². The molecule has 3 N–H and O–H groups in total. The number of hydrogen-bond donors (Lipinski definition) is 2. The highest BCUT2D eigenvalue weighted by Crippen LogP contribution is 2.20. The van der Waals surface area contributed by atoms with E-state index in [0.717, 1.165) is 17.6 Å². The molecule has 0 aliphatic rings. The van der Waals surface area contributed by atoms with Gasteiger partial charge in [0.2, 0.25) is 0 Å². The van der Waals surface area contributed by atoms with Crippen LogP contribution in [0.4, 0.5) is 0 Å². The second-order valence-corrected chi connectivity index (χ2v) is 5.41. The number of halogens is 1. The molecule has 3 nitrogen and oxygen atoms in total. The SMILES string of the molecule is Cc1cc(C(CN)NCCN(C)C)ccc1Br. The summed E-state index contributed by atoms with van der Waals surface area (Å²) >= 11 is 3.51. The highest BCUT2D eigenvalue weighted by atomic mass is 79.9. The van der Waals surface area contributed by atoms with Crippen LogP contribution < -0.4 is 11.1 Å². The van der Waals surface area contributed by atoms with Gasteiger partial charge in [0.1, 0.15) is 0 Å². The van der Waals surface area contributed by atoms with Crippen LogP contribution in [-0.2, 0) is 0 Å². The van der Waals surface area contributed by atoms with Gasteiger partial charge in [-0.15, -0.1) is 0 Å². The van der Waals surface area contributed by atoms with E-state index in [1.54, 1.807) is 0 Å². The number of likely N-dealkylation sites (N-methyl/N-ethyl adjacent to an activating group) is 1. The van der Waals surface area contributed by atoms with Gasteiger partial charge in [-0.25, -0.2) is 0 Å². The van der Waals surface area contributed by atoms with Crippen LogP contribution >= 0.6 is 15.9 Å². The predicted molar refractivity (Wildman–Crippen MR) is 77.2 cm³/mol. The van der Waals surface area contributed by atoms with E-state index < -0.39 is 0 Å². The molecule has 0 aliphatic carbocycles. The van der Waals surface area contributed by atoms with Crippen LogP contribution in [-0.4, -0.2) is 38.6 Å². The van der Waals surface area contributed by atoms with E-state index in [9.17, 15) is 0 Å². The lowest BCUT2D eigenvalue weighted by atomic mass is 10.0. The Hall–Kier alpha value is -0.420. The van der Waals surface area contributed by atoms with Crippen LogP contribution in [0.15, 0.2) is 22.7 Å². The zero-order valence-electron chi connectivity index (χ0n) is 10.8. The first-order valence-electron chi connectivity index (χ1n) is 5.89. The molecule has 1 rings (SSSR count). The van der Waals surface area contributed by atoms with Gasteiger partial charge in [-0.3, -0.25) is 0 Å². The van der Waals surface area contributed by atoms with Crippen LogP contribution in [0.3, 0.4) is 0 Å². The average molecular weight is 300 g/mol. The van der Waals surface area contributed by atoms with Crippen molar-refractivity contribution in [3.63, 3.8) is 0 Å². The molecule has 0 amide bonds. The molecule has 0 fully saturated rings. The zero-order valence-corrected chi connectivity index (χ0v) is 12.4. The lowest BCUT2D eigenvalue weighted by molar-refractivity contribution is 0.385. The Morgan fingerprint density at radius 3 is 2.65 bits per heavy atom. The molecule has 0 heterocycles. The molecule has 0 bridgehead atoms. The summed E-state index contributed by atoms with van der Waals surface area (Å²) in [5.74, 6) is 0. The highest BCUT2D eigenvalue weighted by molar-refractivity contribution is 9.10. The van der Waals surface area contributed by atoms with Gasteiger partial charge in [0.15, 0.2) is 0 Å². The summed E-state index contributed by atoms with van der Waals surface area (Å²) in [5.41, 5.74) is 8.32. The standard InChI is InChI=1S/C13H22BrN3/c1-10-8-11(4-5-12(10)14)13(9-15)16-6-7-17(2)3/h4-5,8,13,16H,6-7,9,15H2,1-3H3. The van der Waals surface area contributed by atoms with E-state index in [0.29, 0.717) is 6.54 Å². The Kier molecular flexibility index (Phi) is 6.12. The van der Waals surface area contributed by atoms with Gasteiger partial charge >= 0.3 is 0 Å². The van der Waals surface area contributed by atoms with Crippen molar-refractivity contribution in [2.45, 2.75) is 13.0 Å². The van der Waals surface area contributed by atoms with Crippen LogP contribution in [0, 0.1) is 6.92 Å². The third-order valence-electron chi connectivity index (χ3n) is 2.77. The summed E-state index contributed by atoms with van der Waals surface area (Å²) in [6.45, 7) is 4.69. The van der Waals surface area contributed by atoms with Gasteiger partial charge in [0, 0.05) is 30.1 Å². The average Bonchev–Trinajstić information content (AvgIpc) is 2.28. The Morgan fingerprint density at radius 1 is 1.41 bits per heavy atom. The van der Waals surface area contributed by atoms with Crippen molar-refractivity contribution in [1.29, 1.82) is 0 Å². The molecular formula is C13H22BrN3. The van der Waals surface area contributed by atoms with E-state index in [2.05, 4.69) is 65.4 Å². The lowest BCUT2D eigenvalue weighted by Gasteiger charge is -2.19. The molecule has 0 saturated heterocycles. The highest BCUT2D eigenvalue weighted by Gasteiger charge is 2.09. The largest absolute Gasteiger partial charge is 0.329 e. The second kappa shape index (κ2) is 7.11. The van der Waals surface area contributed by atoms with Crippen molar-refractivity contribution in [3.05, 3.63) is 33.8 Å². The maximum Gasteiger partial charge on any atom is 0.0445 e. The van der Waals surface area contributed by atoms with E-state index >= 15 is 0 Å². The monoisotopic (exact) mass is 299 g/mol. The topological polar surface area (TPSA) is 41.3 Å². The Balaban J connectivity index is 2.62. The molecule has 0 aliphatic heterocycles. The molecule has 1 atom stereocenters. The van der Waals surface area contributed by atoms with Crippen molar-refractivity contribution in [1.82, 2.24) is 10.2 Å². The zero-order chi connectivity index (χ0) is 12.8. The van der Waals surface area contributed by atoms with Crippen LogP contribution in [0.2, 0.25) is 0 Å². The van der Waals surface area contributed by atoms with Crippen molar-refractivity contribution in [2.75, 3.05) is 33.7 Å². The fourth-order valence-electron chi connectivity index (χ4n) is 1.68. The normalized spacial score (nSPS) is 13.1. The molecule has 96 valence electrons. The molecule has 0 aromatic heterocycles. The van der Waals surface area contributed by atoms with Gasteiger partial charge in [-0.2, -0.15) is 0 Å². The van der Waals surface area contributed by atoms with Crippen LogP contribution in [0.5, 0.6) is 0 Å². The Bertz CT molecular complexity index is 353. The van der Waals surface area contributed by atoms with Crippen molar-refractivity contribution < 1.29 is 0 Å². The second-order valence-electron chi connectivity index (χ2n) is 4.55. The minimum atomic E-state index is 0.238. The minimum Gasteiger partial charge on any atom is -0.329 e. The number of benzene rings is 1. The van der Waals surface area contributed by atoms with Crippen LogP contribution in [0.1, 0.15) is 17.2 Å². The number of nitrogens with one attached hydrogen (secondary N) is 1. The van der Waals surface area contributed by atoms with Gasteiger partial charge in [-0.05, 0) is 38.2 Å². The number of rotatable bonds is 6. The fourth-order valence-corrected chi connectivity index (χ4v) is 1.93. The van der Waals surface area contributed by atoms with Crippen molar-refractivity contribution in [3.8, 4) is 0 Å². The number of aryl methyl sites for hydroxylation is 1. The number of nitrogens with two attached hydrogens (primary N) is 1. The summed E-state index contributed by atoms with van der Waals surface area (Å²) in [4.78, 5) is 2.16. The molecule has 1 aromatic rings. The Labute approximate surface area is 113 Å². The number of hydrogen-bond acceptors (Lipinski definition) is 3. The molecule has 0 saturated carbocycles. The third kappa shape index (κ3) is 4.76. The summed E-state index contributed by atoms with van der Waals surface area (Å²) in [6, 6.07) is 6.63. The van der Waals surface area contributed by atoms with E-state index in [-0.39, 0.29) is 6.04 Å². The van der Waals surface area contributed by atoms with E-state index in [1.807, 2.05) is 0 Å². The summed E-state index contributed by atoms with van der Waals surface area (Å²) < 4.78 is 1.14. The predicted octanol–water partition coefficient (Wildman–Crippen LogP) is 1.91. The number of nitrogens with zero attached hydrogens (tertiary/aromatic N) is 1. The molecular weight excluding hydrogens is 278 g/mol. The fraction of sp³-hybridized carbons (Fsp3) is 0.538. The smallest absolute Gasteiger partial charge is 0.0445 e. The molecule has 1 unspecified atom stereocenters. The minimum absolute atomic E-state index is 0.238. The first kappa shape index (κ1) is 14.6. The molecule has 17 heavy (non-hydrogen) atoms. The van der Waals surface area contributed by atoms with Crippen molar-refractivity contribution in [2.24, 2.45) is 5.73 Å². The van der Waals surface area contributed by atoms with Gasteiger partial charge in [-0.1, -0.05) is 28.1 Å². The van der Waals surface area contributed by atoms with Gasteiger partial charge in [0.05, 0.1) is 0 Å². The first-order chi connectivity index (χ1) is 8.04. The summed E-state index contributed by atoms with van der Waals surface area (Å²) in [7, 11) is 4.14. The van der Waals surface area contributed by atoms with Gasteiger partial charge in [0.25, 0.3) is 0 Å². The van der Waals surface area contributed by atoms with Crippen LogP contribution in [0.25, 0.3) is 0 Å². The summed E-state index contributed by atoms with van der Waals surface area (Å²) in [5, 5.41) is 3.48. The molecule has 0 spiro atoms.